The number of nitrogens with zero attached hydrogens (tertiary/aromatic N) is 1. The van der Waals surface area contributed by atoms with Crippen LogP contribution >= 0.6 is 0 Å². The molecule has 2 amide bonds. The van der Waals surface area contributed by atoms with Gasteiger partial charge in [0.05, 0.1) is 0 Å². The molecule has 2 rings (SSSR count). The highest BCUT2D eigenvalue weighted by Crippen LogP contribution is 2.24. The van der Waals surface area contributed by atoms with E-state index in [4.69, 9.17) is 4.74 Å². The average molecular weight is 439 g/mol. The third-order valence-electron chi connectivity index (χ3n) is 6.10. The van der Waals surface area contributed by atoms with Crippen LogP contribution in [-0.2, 0) is 16.1 Å². The second-order valence-electron chi connectivity index (χ2n) is 8.68. The lowest BCUT2D eigenvalue weighted by Crippen LogP contribution is -2.51. The predicted molar refractivity (Wildman–Crippen MR) is 130 cm³/mol. The molecule has 0 heterocycles. The maximum atomic E-state index is 13.4. The van der Waals surface area contributed by atoms with Crippen LogP contribution in [0.2, 0.25) is 0 Å². The summed E-state index contributed by atoms with van der Waals surface area (Å²) in [6, 6.07) is 11.5. The van der Waals surface area contributed by atoms with Gasteiger partial charge in [0.1, 0.15) is 11.8 Å². The summed E-state index contributed by atoms with van der Waals surface area (Å²) in [7, 11) is 0. The van der Waals surface area contributed by atoms with Gasteiger partial charge in [-0.1, -0.05) is 44.2 Å². The molecule has 2 aromatic carbocycles. The van der Waals surface area contributed by atoms with Crippen molar-refractivity contribution in [1.29, 1.82) is 0 Å². The minimum atomic E-state index is -0.556. The Labute approximate surface area is 193 Å². The van der Waals surface area contributed by atoms with Gasteiger partial charge in [0.2, 0.25) is 5.91 Å². The Morgan fingerprint density at radius 2 is 1.69 bits per heavy atom. The summed E-state index contributed by atoms with van der Waals surface area (Å²) in [6.07, 6.45) is 1.37. The highest BCUT2D eigenvalue weighted by Gasteiger charge is 2.30. The maximum absolute atomic E-state index is 13.4. The van der Waals surface area contributed by atoms with Crippen molar-refractivity contribution < 1.29 is 14.3 Å². The summed E-state index contributed by atoms with van der Waals surface area (Å²) in [5.74, 6) is 0.396. The Morgan fingerprint density at radius 3 is 2.31 bits per heavy atom. The third-order valence-corrected chi connectivity index (χ3v) is 6.10. The molecule has 0 radical (unpaired) electrons. The SMILES string of the molecule is CC[C@H](C)NC(=O)[C@H](CC)N(Cc1ccccc1C)C(=O)COc1cc(C)cc(C)c1C. The van der Waals surface area contributed by atoms with E-state index in [9.17, 15) is 9.59 Å². The van der Waals surface area contributed by atoms with Crippen molar-refractivity contribution in [3.05, 3.63) is 64.2 Å². The molecule has 0 aliphatic heterocycles. The van der Waals surface area contributed by atoms with Crippen LogP contribution in [-0.4, -0.2) is 35.4 Å². The monoisotopic (exact) mass is 438 g/mol. The zero-order valence-electron chi connectivity index (χ0n) is 20.6. The molecule has 0 aliphatic rings. The molecule has 32 heavy (non-hydrogen) atoms. The van der Waals surface area contributed by atoms with Gasteiger partial charge in [-0.25, -0.2) is 0 Å². The molecular formula is C27H38N2O3. The Bertz CT molecular complexity index is 938. The van der Waals surface area contributed by atoms with Crippen LogP contribution in [0, 0.1) is 27.7 Å². The second-order valence-corrected chi connectivity index (χ2v) is 8.68. The molecule has 2 atom stereocenters. The predicted octanol–water partition coefficient (Wildman–Crippen LogP) is 5.02. The first-order valence-electron chi connectivity index (χ1n) is 11.5. The largest absolute Gasteiger partial charge is 0.483 e. The fourth-order valence-corrected chi connectivity index (χ4v) is 3.70. The molecule has 2 aromatic rings. The van der Waals surface area contributed by atoms with Crippen LogP contribution < -0.4 is 10.1 Å². The van der Waals surface area contributed by atoms with E-state index in [1.54, 1.807) is 4.90 Å². The number of hydrogen-bond donors (Lipinski definition) is 1. The zero-order valence-corrected chi connectivity index (χ0v) is 20.6. The first-order valence-corrected chi connectivity index (χ1v) is 11.5. The number of rotatable bonds is 10. The van der Waals surface area contributed by atoms with E-state index in [0.717, 1.165) is 34.2 Å². The standard InChI is InChI=1S/C27H38N2O3/c1-8-21(6)28-27(31)24(9-2)29(16-23-13-11-10-12-19(23)4)26(30)17-32-25-15-18(3)14-20(5)22(25)7/h10-15,21,24H,8-9,16-17H2,1-7H3,(H,28,31)/t21-,24-/m0/s1. The van der Waals surface area contributed by atoms with Crippen molar-refractivity contribution in [2.24, 2.45) is 0 Å². The number of carbonyl (C=O) groups is 2. The summed E-state index contributed by atoms with van der Waals surface area (Å²) in [6.45, 7) is 14.3. The van der Waals surface area contributed by atoms with Crippen LogP contribution in [0.15, 0.2) is 36.4 Å². The molecule has 0 bridgehead atoms. The zero-order chi connectivity index (χ0) is 23.8. The Hall–Kier alpha value is -2.82. The first kappa shape index (κ1) is 25.4. The van der Waals surface area contributed by atoms with E-state index in [1.165, 1.54) is 0 Å². The van der Waals surface area contributed by atoms with E-state index in [2.05, 4.69) is 11.4 Å². The minimum Gasteiger partial charge on any atom is -0.483 e. The van der Waals surface area contributed by atoms with Crippen LogP contribution in [0.25, 0.3) is 0 Å². The van der Waals surface area contributed by atoms with E-state index < -0.39 is 6.04 Å². The molecule has 0 saturated heterocycles. The fraction of sp³-hybridized carbons (Fsp3) is 0.481. The summed E-state index contributed by atoms with van der Waals surface area (Å²) in [5.41, 5.74) is 5.36. The molecule has 5 heteroatoms. The smallest absolute Gasteiger partial charge is 0.261 e. The topological polar surface area (TPSA) is 58.6 Å². The summed E-state index contributed by atoms with van der Waals surface area (Å²) in [4.78, 5) is 28.1. The van der Waals surface area contributed by atoms with Crippen molar-refractivity contribution in [3.63, 3.8) is 0 Å². The molecule has 1 N–H and O–H groups in total. The summed E-state index contributed by atoms with van der Waals surface area (Å²) >= 11 is 0. The van der Waals surface area contributed by atoms with Crippen LogP contribution in [0.4, 0.5) is 0 Å². The number of nitrogens with one attached hydrogen (secondary N) is 1. The number of ether oxygens (including phenoxy) is 1. The van der Waals surface area contributed by atoms with Gasteiger partial charge in [-0.15, -0.1) is 0 Å². The van der Waals surface area contributed by atoms with Gasteiger partial charge < -0.3 is 15.0 Å². The Balaban J connectivity index is 2.29. The van der Waals surface area contributed by atoms with Gasteiger partial charge in [0.25, 0.3) is 5.91 Å². The number of benzene rings is 2. The lowest BCUT2D eigenvalue weighted by atomic mass is 10.1. The van der Waals surface area contributed by atoms with Crippen molar-refractivity contribution in [2.75, 3.05) is 6.61 Å². The number of aryl methyl sites for hydroxylation is 3. The molecule has 0 saturated carbocycles. The van der Waals surface area contributed by atoms with Crippen LogP contribution in [0.5, 0.6) is 5.75 Å². The fourth-order valence-electron chi connectivity index (χ4n) is 3.70. The molecule has 0 spiro atoms. The van der Waals surface area contributed by atoms with E-state index in [-0.39, 0.29) is 24.5 Å². The van der Waals surface area contributed by atoms with E-state index >= 15 is 0 Å². The summed E-state index contributed by atoms with van der Waals surface area (Å²) < 4.78 is 5.96. The number of carbonyl (C=O) groups excluding carboxylic acids is 2. The second kappa shape index (κ2) is 11.7. The minimum absolute atomic E-state index is 0.0566. The molecule has 0 unspecified atom stereocenters. The van der Waals surface area contributed by atoms with Gasteiger partial charge in [0, 0.05) is 12.6 Å². The molecule has 0 aromatic heterocycles. The quantitative estimate of drug-likeness (QED) is 0.567. The highest BCUT2D eigenvalue weighted by atomic mass is 16.5. The highest BCUT2D eigenvalue weighted by molar-refractivity contribution is 5.88. The Morgan fingerprint density at radius 1 is 1.00 bits per heavy atom. The number of amides is 2. The van der Waals surface area contributed by atoms with Crippen molar-refractivity contribution in [3.8, 4) is 5.75 Å². The first-order chi connectivity index (χ1) is 15.2. The normalized spacial score (nSPS) is 12.7. The van der Waals surface area contributed by atoms with Crippen LogP contribution in [0.3, 0.4) is 0 Å². The average Bonchev–Trinajstić information content (AvgIpc) is 2.75. The van der Waals surface area contributed by atoms with Crippen molar-refractivity contribution in [1.82, 2.24) is 10.2 Å². The van der Waals surface area contributed by atoms with E-state index in [1.807, 2.05) is 78.8 Å². The Kier molecular flexibility index (Phi) is 9.30. The molecule has 0 aliphatic carbocycles. The van der Waals surface area contributed by atoms with Gasteiger partial charge in [-0.2, -0.15) is 0 Å². The molecule has 174 valence electrons. The number of hydrogen-bond acceptors (Lipinski definition) is 3. The van der Waals surface area contributed by atoms with Crippen molar-refractivity contribution >= 4 is 11.8 Å². The van der Waals surface area contributed by atoms with Gasteiger partial charge in [-0.05, 0) is 81.3 Å². The maximum Gasteiger partial charge on any atom is 0.261 e. The van der Waals surface area contributed by atoms with Crippen molar-refractivity contribution in [2.45, 2.75) is 79.9 Å². The lowest BCUT2D eigenvalue weighted by molar-refractivity contribution is -0.143. The van der Waals surface area contributed by atoms with Crippen LogP contribution in [0.1, 0.15) is 61.4 Å². The summed E-state index contributed by atoms with van der Waals surface area (Å²) in [5, 5.41) is 3.04. The molecular weight excluding hydrogens is 400 g/mol. The molecule has 5 nitrogen and oxygen atoms in total. The molecule has 0 fully saturated rings. The lowest BCUT2D eigenvalue weighted by Gasteiger charge is -2.32. The van der Waals surface area contributed by atoms with Gasteiger partial charge in [-0.3, -0.25) is 9.59 Å². The van der Waals surface area contributed by atoms with Gasteiger partial charge in [0.15, 0.2) is 6.61 Å². The third kappa shape index (κ3) is 6.59. The van der Waals surface area contributed by atoms with E-state index in [0.29, 0.717) is 18.7 Å². The van der Waals surface area contributed by atoms with Gasteiger partial charge >= 0.3 is 0 Å².